The SMILES string of the molecule is CC(C)(C)C1CCC1.CC/C(C)=C(\CC)N(CC1(C)COC(C)(C)OC1)c1c(C)c(N)nc2cc(CCCN3CCN(C(C)=C4CCC4)CC3)ccc12.CCC1CCC1. The molecule has 0 atom stereocenters. The second-order valence-electron chi connectivity index (χ2n) is 20.8. The predicted octanol–water partition coefficient (Wildman–Crippen LogP) is 12.9. The minimum absolute atomic E-state index is 0.168. The van der Waals surface area contributed by atoms with Gasteiger partial charge in [-0.15, -0.1) is 0 Å². The van der Waals surface area contributed by atoms with Crippen LogP contribution in [0, 0.1) is 29.6 Å². The van der Waals surface area contributed by atoms with Crippen molar-refractivity contribution in [1.82, 2.24) is 14.8 Å². The Hall–Kier alpha value is -2.61. The number of aryl methyl sites for hydroxylation is 1. The van der Waals surface area contributed by atoms with E-state index in [9.17, 15) is 0 Å². The van der Waals surface area contributed by atoms with Crippen LogP contribution in [0.1, 0.15) is 171 Å². The number of pyridine rings is 1. The number of nitrogens with two attached hydrogens (primary N) is 1. The Labute approximate surface area is 361 Å². The van der Waals surface area contributed by atoms with Crippen LogP contribution in [0.3, 0.4) is 0 Å². The fraction of sp³-hybridized carbons (Fsp3) is 0.750. The summed E-state index contributed by atoms with van der Waals surface area (Å²) in [4.78, 5) is 12.7. The van der Waals surface area contributed by atoms with Crippen molar-refractivity contribution in [2.24, 2.45) is 22.7 Å². The largest absolute Gasteiger partial charge is 0.383 e. The number of nitrogen functional groups attached to an aromatic ring is 1. The highest BCUT2D eigenvalue weighted by Gasteiger charge is 2.39. The average molecular weight is 814 g/mol. The van der Waals surface area contributed by atoms with Crippen LogP contribution in [0.5, 0.6) is 0 Å². The molecule has 5 aliphatic rings. The van der Waals surface area contributed by atoms with Gasteiger partial charge in [-0.2, -0.15) is 0 Å². The van der Waals surface area contributed by atoms with Crippen molar-refractivity contribution in [2.45, 2.75) is 179 Å². The third kappa shape index (κ3) is 12.7. The van der Waals surface area contributed by atoms with E-state index in [1.54, 1.807) is 11.3 Å². The number of rotatable bonds is 12. The zero-order valence-corrected chi connectivity index (χ0v) is 40.1. The zero-order valence-electron chi connectivity index (χ0n) is 40.1. The van der Waals surface area contributed by atoms with Crippen molar-refractivity contribution < 1.29 is 9.47 Å². The van der Waals surface area contributed by atoms with Crippen LogP contribution in [0.2, 0.25) is 0 Å². The first-order valence-corrected chi connectivity index (χ1v) is 24.1. The van der Waals surface area contributed by atoms with Crippen LogP contribution < -0.4 is 10.6 Å². The van der Waals surface area contributed by atoms with Gasteiger partial charge in [-0.25, -0.2) is 4.98 Å². The van der Waals surface area contributed by atoms with Gasteiger partial charge in [0.1, 0.15) is 5.82 Å². The Bertz CT molecular complexity index is 1700. The van der Waals surface area contributed by atoms with E-state index in [-0.39, 0.29) is 5.41 Å². The molecule has 5 fully saturated rings. The summed E-state index contributed by atoms with van der Waals surface area (Å²) >= 11 is 0. The Kier molecular flexibility index (Phi) is 16.9. The Balaban J connectivity index is 0.000000396. The topological polar surface area (TPSA) is 67.1 Å². The molecule has 2 aromatic rings. The molecule has 0 radical (unpaired) electrons. The summed E-state index contributed by atoms with van der Waals surface area (Å²) in [5.74, 6) is 2.21. The summed E-state index contributed by atoms with van der Waals surface area (Å²) in [6.07, 6.45) is 18.5. The van der Waals surface area contributed by atoms with E-state index >= 15 is 0 Å². The smallest absolute Gasteiger partial charge is 0.162 e. The van der Waals surface area contributed by atoms with Gasteiger partial charge in [0.15, 0.2) is 5.79 Å². The molecule has 3 heterocycles. The highest BCUT2D eigenvalue weighted by molar-refractivity contribution is 5.97. The first-order valence-electron chi connectivity index (χ1n) is 24.1. The van der Waals surface area contributed by atoms with E-state index in [2.05, 4.69) is 102 Å². The van der Waals surface area contributed by atoms with E-state index in [1.807, 2.05) is 13.8 Å². The van der Waals surface area contributed by atoms with Gasteiger partial charge in [-0.05, 0) is 128 Å². The molecule has 0 bridgehead atoms. The van der Waals surface area contributed by atoms with Crippen LogP contribution >= 0.6 is 0 Å². The minimum Gasteiger partial charge on any atom is -0.383 e. The van der Waals surface area contributed by atoms with Gasteiger partial charge in [0.25, 0.3) is 0 Å². The van der Waals surface area contributed by atoms with E-state index in [1.165, 1.54) is 86.7 Å². The Morgan fingerprint density at radius 1 is 0.898 bits per heavy atom. The van der Waals surface area contributed by atoms with E-state index in [0.717, 1.165) is 93.3 Å². The van der Waals surface area contributed by atoms with Crippen molar-refractivity contribution in [3.63, 3.8) is 0 Å². The Morgan fingerprint density at radius 3 is 2.00 bits per heavy atom. The van der Waals surface area contributed by atoms with Crippen molar-refractivity contribution in [3.05, 3.63) is 51.9 Å². The van der Waals surface area contributed by atoms with Crippen molar-refractivity contribution in [1.29, 1.82) is 0 Å². The third-order valence-corrected chi connectivity index (χ3v) is 14.7. The number of fused-ring (bicyclic) bond motifs is 1. The maximum Gasteiger partial charge on any atom is 0.162 e. The summed E-state index contributed by atoms with van der Waals surface area (Å²) in [6, 6.07) is 6.88. The summed E-state index contributed by atoms with van der Waals surface area (Å²) in [7, 11) is 0. The van der Waals surface area contributed by atoms with Crippen molar-refractivity contribution >= 4 is 22.4 Å². The predicted molar refractivity (Wildman–Crippen MR) is 253 cm³/mol. The molecule has 59 heavy (non-hydrogen) atoms. The molecule has 2 saturated heterocycles. The lowest BCUT2D eigenvalue weighted by atomic mass is 9.69. The van der Waals surface area contributed by atoms with E-state index < -0.39 is 5.79 Å². The zero-order chi connectivity index (χ0) is 43.0. The number of nitrogens with zero attached hydrogens (tertiary/aromatic N) is 4. The highest BCUT2D eigenvalue weighted by Crippen LogP contribution is 2.42. The second kappa shape index (κ2) is 21.0. The number of anilines is 2. The molecule has 1 aromatic carbocycles. The summed E-state index contributed by atoms with van der Waals surface area (Å²) in [5, 5.41) is 1.16. The fourth-order valence-corrected chi connectivity index (χ4v) is 9.33. The first-order chi connectivity index (χ1) is 28.0. The lowest BCUT2D eigenvalue weighted by Gasteiger charge is -2.45. The van der Waals surface area contributed by atoms with Gasteiger partial charge in [0.05, 0.1) is 24.4 Å². The number of piperazine rings is 1. The molecule has 3 aliphatic carbocycles. The standard InChI is InChI=1S/C38H59N5O2.C8H16.C6H12/c1-9-27(3)34(10-2)43(24-38(8)25-44-37(6,7)45-26-38)35-28(4)36(39)40-33-23-30(16-17-32(33)35)13-12-18-41-19-21-42(22-20-41)29(5)31-14-11-15-31;1-8(2,3)7-5-4-6-7;1-2-6-4-3-5-6/h16-17,23H,9-15,18-22,24-26H2,1-8H3,(H2,39,40);7H,4-6H2,1-3H3;6H,2-5H2,1H3/b34-27+;;. The summed E-state index contributed by atoms with van der Waals surface area (Å²) in [5.41, 5.74) is 17.6. The average Bonchev–Trinajstić information content (AvgIpc) is 3.12. The molecule has 3 saturated carbocycles. The first kappa shape index (κ1) is 47.4. The quantitative estimate of drug-likeness (QED) is 0.229. The lowest BCUT2D eigenvalue weighted by Crippen LogP contribution is -2.50. The van der Waals surface area contributed by atoms with Gasteiger partial charge >= 0.3 is 0 Å². The fourth-order valence-electron chi connectivity index (χ4n) is 9.33. The number of aromatic nitrogens is 1. The molecule has 7 rings (SSSR count). The number of benzene rings is 1. The van der Waals surface area contributed by atoms with Gasteiger partial charge in [-0.1, -0.05) is 104 Å². The van der Waals surface area contributed by atoms with E-state index in [4.69, 9.17) is 20.2 Å². The third-order valence-electron chi connectivity index (χ3n) is 14.7. The van der Waals surface area contributed by atoms with Gasteiger partial charge < -0.3 is 25.0 Å². The maximum absolute atomic E-state index is 6.67. The molecule has 7 nitrogen and oxygen atoms in total. The lowest BCUT2D eigenvalue weighted by molar-refractivity contribution is -0.280. The number of hydrogen-bond donors (Lipinski definition) is 1. The second-order valence-corrected chi connectivity index (χ2v) is 20.8. The van der Waals surface area contributed by atoms with Crippen molar-refractivity contribution in [3.8, 4) is 0 Å². The number of hydrogen-bond acceptors (Lipinski definition) is 7. The molecule has 2 N–H and O–H groups in total. The van der Waals surface area contributed by atoms with Crippen LogP contribution in [0.4, 0.5) is 11.5 Å². The molecule has 0 unspecified atom stereocenters. The molecular formula is C52H87N5O2. The number of ether oxygens (including phenoxy) is 2. The highest BCUT2D eigenvalue weighted by atomic mass is 16.7. The molecule has 1 aromatic heterocycles. The molecule has 2 aliphatic heterocycles. The van der Waals surface area contributed by atoms with Crippen LogP contribution in [-0.4, -0.2) is 73.1 Å². The normalized spacial score (nSPS) is 21.2. The van der Waals surface area contributed by atoms with Crippen LogP contribution in [-0.2, 0) is 15.9 Å². The molecule has 0 amide bonds. The monoisotopic (exact) mass is 814 g/mol. The summed E-state index contributed by atoms with van der Waals surface area (Å²) < 4.78 is 12.4. The van der Waals surface area contributed by atoms with Gasteiger partial charge in [-0.3, -0.25) is 4.90 Å². The van der Waals surface area contributed by atoms with Crippen LogP contribution in [0.25, 0.3) is 10.9 Å². The molecule has 0 spiro atoms. The van der Waals surface area contributed by atoms with E-state index in [0.29, 0.717) is 24.4 Å². The van der Waals surface area contributed by atoms with Crippen LogP contribution in [0.15, 0.2) is 40.7 Å². The molecule has 332 valence electrons. The Morgan fingerprint density at radius 2 is 1.54 bits per heavy atom. The maximum atomic E-state index is 6.67. The number of allylic oxidation sites excluding steroid dienone is 4. The van der Waals surface area contributed by atoms with Crippen molar-refractivity contribution in [2.75, 3.05) is 63.1 Å². The molecule has 7 heteroatoms. The summed E-state index contributed by atoms with van der Waals surface area (Å²) in [6.45, 7) is 34.7. The van der Waals surface area contributed by atoms with Gasteiger partial charge in [0.2, 0.25) is 0 Å². The minimum atomic E-state index is -0.548. The van der Waals surface area contributed by atoms with Gasteiger partial charge in [0, 0.05) is 60.5 Å². The molecular weight excluding hydrogens is 727 g/mol.